The number of amides is 1. The van der Waals surface area contributed by atoms with E-state index in [9.17, 15) is 14.9 Å². The molecule has 1 amide bonds. The number of nitro groups is 1. The summed E-state index contributed by atoms with van der Waals surface area (Å²) >= 11 is 0. The average Bonchev–Trinajstić information content (AvgIpc) is 3.21. The lowest BCUT2D eigenvalue weighted by atomic mass is 10.0. The summed E-state index contributed by atoms with van der Waals surface area (Å²) in [4.78, 5) is 22.9. The van der Waals surface area contributed by atoms with Crippen LogP contribution in [0.15, 0.2) is 77.9 Å². The van der Waals surface area contributed by atoms with Gasteiger partial charge in [-0.1, -0.05) is 42.5 Å². The standard InChI is InChI=1S/C28H27N7O4/c1-18-30-31-26-33(17-19-9-15-22(16-10-19)35(37)38)32-25(23-7-5-6-8-24(23)34(18)26)20-11-13-21(14-12-20)29-27(36)39-28(2,3)4/h5-16H,17H2,1-4H3,(H,29,36). The lowest BCUT2D eigenvalue weighted by molar-refractivity contribution is -0.384. The van der Waals surface area contributed by atoms with Crippen LogP contribution in [0.4, 0.5) is 22.1 Å². The average molecular weight is 526 g/mol. The van der Waals surface area contributed by atoms with Crippen LogP contribution in [0, 0.1) is 17.0 Å². The number of fused-ring (bicyclic) bond motifs is 3. The molecule has 198 valence electrons. The third-order valence-electron chi connectivity index (χ3n) is 5.94. The van der Waals surface area contributed by atoms with Crippen LogP contribution in [0.1, 0.15) is 43.3 Å². The molecule has 11 heteroatoms. The molecule has 3 aromatic carbocycles. The van der Waals surface area contributed by atoms with E-state index in [-0.39, 0.29) is 5.69 Å². The first-order chi connectivity index (χ1) is 18.6. The van der Waals surface area contributed by atoms with Crippen molar-refractivity contribution in [2.75, 3.05) is 10.3 Å². The number of carbonyl (C=O) groups is 1. The van der Waals surface area contributed by atoms with E-state index in [1.807, 2.05) is 68.7 Å². The molecule has 2 heterocycles. The lowest BCUT2D eigenvalue weighted by Crippen LogP contribution is -2.27. The predicted molar refractivity (Wildman–Crippen MR) is 147 cm³/mol. The normalized spacial score (nSPS) is 12.6. The Balaban J connectivity index is 1.54. The van der Waals surface area contributed by atoms with Crippen molar-refractivity contribution in [3.05, 3.63) is 105 Å². The van der Waals surface area contributed by atoms with Crippen molar-refractivity contribution < 1.29 is 14.5 Å². The van der Waals surface area contributed by atoms with Gasteiger partial charge in [-0.2, -0.15) is 5.10 Å². The highest BCUT2D eigenvalue weighted by Crippen LogP contribution is 2.31. The third kappa shape index (κ3) is 5.47. The van der Waals surface area contributed by atoms with Crippen LogP contribution in [0.3, 0.4) is 0 Å². The summed E-state index contributed by atoms with van der Waals surface area (Å²) in [6, 6.07) is 21.6. The summed E-state index contributed by atoms with van der Waals surface area (Å²) < 4.78 is 7.29. The Morgan fingerprint density at radius 3 is 2.36 bits per heavy atom. The molecular weight excluding hydrogens is 498 g/mol. The maximum atomic E-state index is 12.2. The van der Waals surface area contributed by atoms with E-state index in [0.717, 1.165) is 22.4 Å². The molecule has 0 fully saturated rings. The third-order valence-corrected chi connectivity index (χ3v) is 5.94. The topological polar surface area (TPSA) is 128 Å². The highest BCUT2D eigenvalue weighted by Gasteiger charge is 2.26. The number of aromatic nitrogens is 3. The summed E-state index contributed by atoms with van der Waals surface area (Å²) in [6.45, 7) is 7.61. The summed E-state index contributed by atoms with van der Waals surface area (Å²) in [5, 5.41) is 29.3. The molecule has 0 radical (unpaired) electrons. The van der Waals surface area contributed by atoms with Crippen LogP contribution < -0.4 is 10.3 Å². The molecule has 4 aromatic rings. The van der Waals surface area contributed by atoms with E-state index >= 15 is 0 Å². The van der Waals surface area contributed by atoms with Gasteiger partial charge < -0.3 is 4.74 Å². The number of benzene rings is 3. The van der Waals surface area contributed by atoms with Gasteiger partial charge in [0.25, 0.3) is 11.6 Å². The number of rotatable bonds is 5. The number of nitrogens with zero attached hydrogens (tertiary/aromatic N) is 6. The quantitative estimate of drug-likeness (QED) is 0.265. The molecule has 1 aliphatic rings. The molecule has 0 spiro atoms. The van der Waals surface area contributed by atoms with Crippen LogP contribution >= 0.6 is 0 Å². The SMILES string of the molecule is Cc1nnc2n1-c1ccccc1C(c1ccc(NC(=O)OC(C)(C)C)cc1)=NN2Cc1ccc([N+](=O)[O-])cc1. The number of ether oxygens (including phenoxy) is 1. The van der Waals surface area contributed by atoms with Crippen molar-refractivity contribution in [3.63, 3.8) is 0 Å². The monoisotopic (exact) mass is 525 g/mol. The van der Waals surface area contributed by atoms with E-state index in [4.69, 9.17) is 9.84 Å². The maximum absolute atomic E-state index is 12.2. The van der Waals surface area contributed by atoms with Gasteiger partial charge in [0.05, 0.1) is 17.2 Å². The molecule has 0 bridgehead atoms. The zero-order valence-electron chi connectivity index (χ0n) is 22.0. The maximum Gasteiger partial charge on any atom is 0.412 e. The van der Waals surface area contributed by atoms with Gasteiger partial charge in [0, 0.05) is 28.9 Å². The molecule has 0 saturated carbocycles. The number of hydrogen-bond donors (Lipinski definition) is 1. The largest absolute Gasteiger partial charge is 0.444 e. The summed E-state index contributed by atoms with van der Waals surface area (Å²) in [5.41, 5.74) is 4.09. The zero-order chi connectivity index (χ0) is 27.7. The van der Waals surface area contributed by atoms with Crippen LogP contribution in [-0.4, -0.2) is 37.1 Å². The number of nitro benzene ring substituents is 1. The predicted octanol–water partition coefficient (Wildman–Crippen LogP) is 5.60. The molecular formula is C28H27N7O4. The number of anilines is 2. The van der Waals surface area contributed by atoms with Crippen LogP contribution in [0.5, 0.6) is 0 Å². The number of carbonyl (C=O) groups excluding carboxylic acids is 1. The summed E-state index contributed by atoms with van der Waals surface area (Å²) in [7, 11) is 0. The van der Waals surface area contributed by atoms with Crippen molar-refractivity contribution in [2.45, 2.75) is 39.8 Å². The van der Waals surface area contributed by atoms with Gasteiger partial charge in [0.1, 0.15) is 17.1 Å². The molecule has 1 aliphatic heterocycles. The zero-order valence-corrected chi connectivity index (χ0v) is 22.0. The molecule has 11 nitrogen and oxygen atoms in total. The van der Waals surface area contributed by atoms with E-state index < -0.39 is 16.6 Å². The Morgan fingerprint density at radius 1 is 1.00 bits per heavy atom. The molecule has 39 heavy (non-hydrogen) atoms. The second-order valence-corrected chi connectivity index (χ2v) is 10.0. The number of non-ortho nitro benzene ring substituents is 1. The number of hydrazone groups is 1. The molecule has 0 unspecified atom stereocenters. The van der Waals surface area contributed by atoms with E-state index in [2.05, 4.69) is 15.5 Å². The minimum atomic E-state index is -0.604. The van der Waals surface area contributed by atoms with Gasteiger partial charge >= 0.3 is 6.09 Å². The smallest absolute Gasteiger partial charge is 0.412 e. The highest BCUT2D eigenvalue weighted by molar-refractivity contribution is 6.15. The summed E-state index contributed by atoms with van der Waals surface area (Å²) in [5.74, 6) is 1.22. The van der Waals surface area contributed by atoms with Gasteiger partial charge in [-0.15, -0.1) is 10.2 Å². The van der Waals surface area contributed by atoms with Crippen molar-refractivity contribution in [3.8, 4) is 5.69 Å². The Bertz CT molecular complexity index is 1570. The molecule has 0 aliphatic carbocycles. The molecule has 5 rings (SSSR count). The van der Waals surface area contributed by atoms with Crippen LogP contribution in [0.2, 0.25) is 0 Å². The first kappa shape index (κ1) is 25.6. The fourth-order valence-electron chi connectivity index (χ4n) is 4.24. The van der Waals surface area contributed by atoms with E-state index in [1.54, 1.807) is 29.3 Å². The van der Waals surface area contributed by atoms with Crippen LogP contribution in [0.25, 0.3) is 5.69 Å². The Labute approximate surface area is 224 Å². The molecule has 0 atom stereocenters. The minimum absolute atomic E-state index is 0.0188. The van der Waals surface area contributed by atoms with E-state index in [1.165, 1.54) is 12.1 Å². The first-order valence-corrected chi connectivity index (χ1v) is 12.3. The van der Waals surface area contributed by atoms with Crippen molar-refractivity contribution in [2.24, 2.45) is 5.10 Å². The number of nitrogens with one attached hydrogen (secondary N) is 1. The van der Waals surface area contributed by atoms with Crippen molar-refractivity contribution in [1.29, 1.82) is 0 Å². The summed E-state index contributed by atoms with van der Waals surface area (Å²) in [6.07, 6.45) is -0.532. The fraction of sp³-hybridized carbons (Fsp3) is 0.214. The van der Waals surface area contributed by atoms with Gasteiger partial charge in [-0.3, -0.25) is 20.0 Å². The van der Waals surface area contributed by atoms with Gasteiger partial charge in [-0.25, -0.2) is 9.80 Å². The van der Waals surface area contributed by atoms with Crippen LogP contribution in [-0.2, 0) is 11.3 Å². The fourth-order valence-corrected chi connectivity index (χ4v) is 4.24. The highest BCUT2D eigenvalue weighted by atomic mass is 16.6. The Kier molecular flexibility index (Phi) is 6.57. The second-order valence-electron chi connectivity index (χ2n) is 10.0. The number of para-hydroxylation sites is 1. The second kappa shape index (κ2) is 10.0. The molecule has 1 aromatic heterocycles. The van der Waals surface area contributed by atoms with E-state index in [0.29, 0.717) is 29.7 Å². The van der Waals surface area contributed by atoms with Crippen molar-refractivity contribution in [1.82, 2.24) is 14.8 Å². The first-order valence-electron chi connectivity index (χ1n) is 12.3. The number of hydrogen-bond acceptors (Lipinski definition) is 8. The molecule has 0 saturated heterocycles. The van der Waals surface area contributed by atoms with Gasteiger partial charge in [0.15, 0.2) is 0 Å². The Morgan fingerprint density at radius 2 is 1.69 bits per heavy atom. The minimum Gasteiger partial charge on any atom is -0.444 e. The molecule has 1 N–H and O–H groups in total. The lowest BCUT2D eigenvalue weighted by Gasteiger charge is -2.19. The van der Waals surface area contributed by atoms with Gasteiger partial charge in [0.2, 0.25) is 0 Å². The Hall–Kier alpha value is -5.06. The van der Waals surface area contributed by atoms with Gasteiger partial charge in [-0.05, 0) is 51.5 Å². The van der Waals surface area contributed by atoms with Crippen molar-refractivity contribution >= 4 is 29.1 Å². The number of aryl methyl sites for hydroxylation is 1.